The lowest BCUT2D eigenvalue weighted by Crippen LogP contribution is -2.33. The third kappa shape index (κ3) is 2.97. The van der Waals surface area contributed by atoms with Crippen LogP contribution in [-0.2, 0) is 9.53 Å². The second-order valence-corrected chi connectivity index (χ2v) is 6.18. The molecule has 0 unspecified atom stereocenters. The van der Waals surface area contributed by atoms with Gasteiger partial charge in [-0.15, -0.1) is 0 Å². The Bertz CT molecular complexity index is 645. The van der Waals surface area contributed by atoms with Gasteiger partial charge in [0.1, 0.15) is 11.5 Å². The summed E-state index contributed by atoms with van der Waals surface area (Å²) in [5.41, 5.74) is 5.18. The van der Waals surface area contributed by atoms with E-state index in [1.807, 2.05) is 6.08 Å². The molecule has 1 amide bonds. The van der Waals surface area contributed by atoms with Gasteiger partial charge in [-0.25, -0.2) is 4.99 Å². The predicted molar refractivity (Wildman–Crippen MR) is 87.8 cm³/mol. The zero-order chi connectivity index (χ0) is 15.7. The van der Waals surface area contributed by atoms with Gasteiger partial charge >= 0.3 is 0 Å². The Morgan fingerprint density at radius 2 is 1.82 bits per heavy atom. The number of aryl methyl sites for hydroxylation is 3. The molecule has 0 saturated carbocycles. The summed E-state index contributed by atoms with van der Waals surface area (Å²) in [5.74, 6) is 1.02. The molecule has 22 heavy (non-hydrogen) atoms. The first-order chi connectivity index (χ1) is 10.5. The molecule has 4 heteroatoms. The van der Waals surface area contributed by atoms with E-state index in [9.17, 15) is 4.79 Å². The van der Waals surface area contributed by atoms with Crippen LogP contribution >= 0.6 is 0 Å². The van der Waals surface area contributed by atoms with E-state index in [1.54, 1.807) is 0 Å². The molecule has 0 atom stereocenters. The number of rotatable bonds is 2. The van der Waals surface area contributed by atoms with Crippen molar-refractivity contribution < 1.29 is 9.53 Å². The molecule has 1 fully saturated rings. The maximum atomic E-state index is 12.2. The molecule has 1 saturated heterocycles. The third-order valence-electron chi connectivity index (χ3n) is 4.34. The van der Waals surface area contributed by atoms with Crippen molar-refractivity contribution >= 4 is 17.8 Å². The fourth-order valence-corrected chi connectivity index (χ4v) is 3.21. The molecular weight excluding hydrogens is 276 g/mol. The Kier molecular flexibility index (Phi) is 4.12. The number of amidine groups is 1. The van der Waals surface area contributed by atoms with Crippen molar-refractivity contribution in [3.05, 3.63) is 40.1 Å². The highest BCUT2D eigenvalue weighted by atomic mass is 16.5. The maximum Gasteiger partial charge on any atom is 0.275 e. The molecule has 2 aliphatic rings. The number of nitrogens with zero attached hydrogens (tertiary/aromatic N) is 1. The molecule has 0 spiro atoms. The van der Waals surface area contributed by atoms with Crippen molar-refractivity contribution in [1.29, 1.82) is 0 Å². The fourth-order valence-electron chi connectivity index (χ4n) is 3.21. The Hall–Kier alpha value is -1.94. The normalized spacial score (nSPS) is 21.1. The Balaban J connectivity index is 1.91. The number of benzene rings is 1. The summed E-state index contributed by atoms with van der Waals surface area (Å²) < 4.78 is 5.37. The highest BCUT2D eigenvalue weighted by Crippen LogP contribution is 2.24. The smallest absolute Gasteiger partial charge is 0.275 e. The zero-order valence-electron chi connectivity index (χ0n) is 13.4. The third-order valence-corrected chi connectivity index (χ3v) is 4.34. The summed E-state index contributed by atoms with van der Waals surface area (Å²) in [6, 6.07) is 4.27. The van der Waals surface area contributed by atoms with Gasteiger partial charge in [0.05, 0.1) is 0 Å². The molecule has 1 N–H and O–H groups in total. The van der Waals surface area contributed by atoms with Crippen molar-refractivity contribution in [1.82, 2.24) is 5.32 Å². The Labute approximate surface area is 131 Å². The van der Waals surface area contributed by atoms with Gasteiger partial charge < -0.3 is 10.1 Å². The number of hydrogen-bond acceptors (Lipinski definition) is 3. The average molecular weight is 298 g/mol. The Morgan fingerprint density at radius 3 is 2.45 bits per heavy atom. The molecule has 0 radical (unpaired) electrons. The van der Waals surface area contributed by atoms with Gasteiger partial charge in [-0.2, -0.15) is 0 Å². The zero-order valence-corrected chi connectivity index (χ0v) is 13.4. The maximum absolute atomic E-state index is 12.2. The molecule has 116 valence electrons. The SMILES string of the molecule is Cc1cc(C)c(/C=C2\N=C(C3CCOCC3)NC2=O)c(C)c1. The minimum absolute atomic E-state index is 0.0964. The number of amides is 1. The number of hydrogen-bond donors (Lipinski definition) is 1. The lowest BCUT2D eigenvalue weighted by atomic mass is 9.99. The van der Waals surface area contributed by atoms with E-state index < -0.39 is 0 Å². The number of carbonyl (C=O) groups is 1. The monoisotopic (exact) mass is 298 g/mol. The number of nitrogens with one attached hydrogen (secondary N) is 1. The quantitative estimate of drug-likeness (QED) is 0.854. The lowest BCUT2D eigenvalue weighted by molar-refractivity contribution is -0.115. The molecule has 0 aliphatic carbocycles. The summed E-state index contributed by atoms with van der Waals surface area (Å²) >= 11 is 0. The van der Waals surface area contributed by atoms with Gasteiger partial charge in [0.15, 0.2) is 0 Å². The lowest BCUT2D eigenvalue weighted by Gasteiger charge is -2.21. The summed E-state index contributed by atoms with van der Waals surface area (Å²) in [4.78, 5) is 16.8. The van der Waals surface area contributed by atoms with E-state index in [2.05, 4.69) is 43.2 Å². The fraction of sp³-hybridized carbons (Fsp3) is 0.444. The van der Waals surface area contributed by atoms with Gasteiger partial charge in [0.25, 0.3) is 5.91 Å². The number of aliphatic imine (C=N–C) groups is 1. The molecule has 3 rings (SSSR count). The van der Waals surface area contributed by atoms with Crippen LogP contribution in [0.15, 0.2) is 22.8 Å². The van der Waals surface area contributed by atoms with E-state index in [4.69, 9.17) is 4.74 Å². The molecule has 4 nitrogen and oxygen atoms in total. The van der Waals surface area contributed by atoms with E-state index in [1.165, 1.54) is 16.7 Å². The average Bonchev–Trinajstić information content (AvgIpc) is 2.85. The largest absolute Gasteiger partial charge is 0.381 e. The van der Waals surface area contributed by atoms with Gasteiger partial charge in [0, 0.05) is 19.1 Å². The molecule has 1 aromatic carbocycles. The van der Waals surface area contributed by atoms with Crippen molar-refractivity contribution in [2.45, 2.75) is 33.6 Å². The molecule has 1 aromatic rings. The summed E-state index contributed by atoms with van der Waals surface area (Å²) in [7, 11) is 0. The molecule has 0 bridgehead atoms. The molecular formula is C18H22N2O2. The van der Waals surface area contributed by atoms with Crippen molar-refractivity contribution in [3.8, 4) is 0 Å². The second-order valence-electron chi connectivity index (χ2n) is 6.18. The molecule has 2 aliphatic heterocycles. The summed E-state index contributed by atoms with van der Waals surface area (Å²) in [6.07, 6.45) is 3.76. The van der Waals surface area contributed by atoms with Crippen LogP contribution in [0.3, 0.4) is 0 Å². The van der Waals surface area contributed by atoms with E-state index >= 15 is 0 Å². The van der Waals surface area contributed by atoms with Crippen molar-refractivity contribution in [2.24, 2.45) is 10.9 Å². The van der Waals surface area contributed by atoms with Crippen LogP contribution in [0.25, 0.3) is 6.08 Å². The second kappa shape index (κ2) is 6.05. The van der Waals surface area contributed by atoms with Gasteiger partial charge in [-0.05, 0) is 56.4 Å². The highest BCUT2D eigenvalue weighted by Gasteiger charge is 2.28. The number of carbonyl (C=O) groups excluding carboxylic acids is 1. The van der Waals surface area contributed by atoms with Crippen molar-refractivity contribution in [2.75, 3.05) is 13.2 Å². The molecule has 2 heterocycles. The van der Waals surface area contributed by atoms with Crippen molar-refractivity contribution in [3.63, 3.8) is 0 Å². The first kappa shape index (κ1) is 15.0. The highest BCUT2D eigenvalue weighted by molar-refractivity contribution is 6.15. The standard InChI is InChI=1S/C18H22N2O2/c1-11-8-12(2)15(13(3)9-11)10-16-18(21)20-17(19-16)14-4-6-22-7-5-14/h8-10,14H,4-7H2,1-3H3,(H,19,20,21)/b16-10-. The van der Waals surface area contributed by atoms with Crippen LogP contribution in [0.2, 0.25) is 0 Å². The van der Waals surface area contributed by atoms with Crippen LogP contribution in [0, 0.1) is 26.7 Å². The minimum atomic E-state index is -0.0964. The van der Waals surface area contributed by atoms with E-state index in [0.29, 0.717) is 11.6 Å². The first-order valence-electron chi connectivity index (χ1n) is 7.82. The number of ether oxygens (including phenoxy) is 1. The Morgan fingerprint density at radius 1 is 1.18 bits per heavy atom. The van der Waals surface area contributed by atoms with Crippen LogP contribution in [0.4, 0.5) is 0 Å². The predicted octanol–water partition coefficient (Wildman–Crippen LogP) is 2.91. The topological polar surface area (TPSA) is 50.7 Å². The first-order valence-corrected chi connectivity index (χ1v) is 7.82. The van der Waals surface area contributed by atoms with E-state index in [0.717, 1.165) is 37.5 Å². The minimum Gasteiger partial charge on any atom is -0.381 e. The van der Waals surface area contributed by atoms with Crippen LogP contribution in [-0.4, -0.2) is 25.0 Å². The van der Waals surface area contributed by atoms with Crippen LogP contribution in [0.5, 0.6) is 0 Å². The van der Waals surface area contributed by atoms with E-state index in [-0.39, 0.29) is 5.91 Å². The van der Waals surface area contributed by atoms with Gasteiger partial charge in [-0.3, -0.25) is 4.79 Å². The summed E-state index contributed by atoms with van der Waals surface area (Å²) in [5, 5.41) is 2.93. The van der Waals surface area contributed by atoms with Crippen LogP contribution in [0.1, 0.15) is 35.1 Å². The molecule has 0 aromatic heterocycles. The van der Waals surface area contributed by atoms with Gasteiger partial charge in [-0.1, -0.05) is 17.7 Å². The van der Waals surface area contributed by atoms with Crippen LogP contribution < -0.4 is 5.32 Å². The van der Waals surface area contributed by atoms with Gasteiger partial charge in [0.2, 0.25) is 0 Å². The summed E-state index contributed by atoms with van der Waals surface area (Å²) in [6.45, 7) is 7.72.